The summed E-state index contributed by atoms with van der Waals surface area (Å²) < 4.78 is 16.2. The Morgan fingerprint density at radius 1 is 1.30 bits per heavy atom. The molecule has 2 rings (SSSR count). The van der Waals surface area contributed by atoms with Gasteiger partial charge >= 0.3 is 0 Å². The Hall–Kier alpha value is -1.68. The van der Waals surface area contributed by atoms with Crippen LogP contribution in [-0.4, -0.2) is 15.6 Å². The van der Waals surface area contributed by atoms with E-state index in [-0.39, 0.29) is 17.9 Å². The summed E-state index contributed by atoms with van der Waals surface area (Å²) in [6, 6.07) is 6.51. The summed E-state index contributed by atoms with van der Waals surface area (Å²) in [5.41, 5.74) is 6.90. The number of hydrogen-bond acceptors (Lipinski definition) is 2. The standard InChI is InChI=1S/C16H22FN3/c1-3-7-15-19-10-11-20(15)16(14(18)4-2)12-8-5-6-9-13(12)17/h5-6,8-11,14,16H,3-4,7,18H2,1-2H3. The van der Waals surface area contributed by atoms with Crippen LogP contribution in [0, 0.1) is 5.82 Å². The van der Waals surface area contributed by atoms with E-state index in [1.165, 1.54) is 6.07 Å². The van der Waals surface area contributed by atoms with Crippen molar-refractivity contribution in [1.29, 1.82) is 0 Å². The highest BCUT2D eigenvalue weighted by Crippen LogP contribution is 2.26. The van der Waals surface area contributed by atoms with Crippen molar-refractivity contribution >= 4 is 0 Å². The predicted molar refractivity (Wildman–Crippen MR) is 79.0 cm³/mol. The minimum atomic E-state index is -0.211. The molecule has 108 valence electrons. The quantitative estimate of drug-likeness (QED) is 0.879. The van der Waals surface area contributed by atoms with E-state index in [4.69, 9.17) is 5.73 Å². The largest absolute Gasteiger partial charge is 0.326 e. The van der Waals surface area contributed by atoms with Gasteiger partial charge in [-0.3, -0.25) is 0 Å². The lowest BCUT2D eigenvalue weighted by molar-refractivity contribution is 0.427. The van der Waals surface area contributed by atoms with Crippen molar-refractivity contribution in [1.82, 2.24) is 9.55 Å². The minimum absolute atomic E-state index is 0.142. The Morgan fingerprint density at radius 3 is 2.70 bits per heavy atom. The van der Waals surface area contributed by atoms with Crippen molar-refractivity contribution in [3.63, 3.8) is 0 Å². The second kappa shape index (κ2) is 6.66. The molecule has 20 heavy (non-hydrogen) atoms. The van der Waals surface area contributed by atoms with Gasteiger partial charge in [0.25, 0.3) is 0 Å². The summed E-state index contributed by atoms with van der Waals surface area (Å²) in [6.07, 6.45) is 6.32. The third-order valence-corrected chi connectivity index (χ3v) is 3.62. The fraction of sp³-hybridized carbons (Fsp3) is 0.438. The third kappa shape index (κ3) is 2.90. The highest BCUT2D eigenvalue weighted by Gasteiger charge is 2.24. The molecule has 0 amide bonds. The molecule has 2 atom stereocenters. The molecule has 0 aliphatic heterocycles. The minimum Gasteiger partial charge on any atom is -0.326 e. The molecule has 0 fully saturated rings. The SMILES string of the molecule is CCCc1nccn1C(c1ccccc1F)C(N)CC. The predicted octanol–water partition coefficient (Wildman–Crippen LogP) is 3.30. The monoisotopic (exact) mass is 275 g/mol. The number of imidazole rings is 1. The van der Waals surface area contributed by atoms with Gasteiger partial charge in [-0.25, -0.2) is 9.37 Å². The first-order chi connectivity index (χ1) is 9.69. The summed E-state index contributed by atoms with van der Waals surface area (Å²) >= 11 is 0. The Balaban J connectivity index is 2.48. The van der Waals surface area contributed by atoms with Gasteiger partial charge in [-0.2, -0.15) is 0 Å². The van der Waals surface area contributed by atoms with E-state index in [1.807, 2.05) is 29.8 Å². The van der Waals surface area contributed by atoms with Crippen LogP contribution in [0.15, 0.2) is 36.7 Å². The fourth-order valence-electron chi connectivity index (χ4n) is 2.54. The number of benzene rings is 1. The number of nitrogens with zero attached hydrogens (tertiary/aromatic N) is 2. The normalized spacial score (nSPS) is 14.2. The molecule has 4 heteroatoms. The second-order valence-electron chi connectivity index (χ2n) is 5.04. The van der Waals surface area contributed by atoms with E-state index < -0.39 is 0 Å². The molecule has 0 radical (unpaired) electrons. The average Bonchev–Trinajstić information content (AvgIpc) is 2.89. The van der Waals surface area contributed by atoms with Gasteiger partial charge in [-0.05, 0) is 18.9 Å². The molecular weight excluding hydrogens is 253 g/mol. The van der Waals surface area contributed by atoms with Crippen LogP contribution in [0.1, 0.15) is 44.1 Å². The first-order valence-electron chi connectivity index (χ1n) is 7.20. The Bertz CT molecular complexity index is 550. The van der Waals surface area contributed by atoms with E-state index in [1.54, 1.807) is 12.3 Å². The fourth-order valence-corrected chi connectivity index (χ4v) is 2.54. The zero-order valence-corrected chi connectivity index (χ0v) is 12.1. The van der Waals surface area contributed by atoms with Crippen molar-refractivity contribution in [3.8, 4) is 0 Å². The van der Waals surface area contributed by atoms with Crippen molar-refractivity contribution in [2.75, 3.05) is 0 Å². The highest BCUT2D eigenvalue weighted by atomic mass is 19.1. The molecule has 0 saturated carbocycles. The lowest BCUT2D eigenvalue weighted by atomic mass is 9.97. The summed E-state index contributed by atoms with van der Waals surface area (Å²) in [5.74, 6) is 0.752. The first kappa shape index (κ1) is 14.7. The Kier molecular flexibility index (Phi) is 4.90. The molecule has 2 aromatic rings. The zero-order valence-electron chi connectivity index (χ0n) is 12.1. The molecule has 0 bridgehead atoms. The lowest BCUT2D eigenvalue weighted by Crippen LogP contribution is -2.33. The average molecular weight is 275 g/mol. The molecule has 0 saturated heterocycles. The van der Waals surface area contributed by atoms with Crippen LogP contribution >= 0.6 is 0 Å². The summed E-state index contributed by atoms with van der Waals surface area (Å²) in [5, 5.41) is 0. The van der Waals surface area contributed by atoms with Gasteiger partial charge in [0, 0.05) is 30.4 Å². The molecule has 1 aromatic heterocycles. The van der Waals surface area contributed by atoms with Gasteiger partial charge in [0.2, 0.25) is 0 Å². The molecule has 0 aliphatic carbocycles. The van der Waals surface area contributed by atoms with Crippen LogP contribution in [0.3, 0.4) is 0 Å². The van der Waals surface area contributed by atoms with Crippen LogP contribution in [-0.2, 0) is 6.42 Å². The highest BCUT2D eigenvalue weighted by molar-refractivity contribution is 5.24. The topological polar surface area (TPSA) is 43.8 Å². The van der Waals surface area contributed by atoms with Crippen LogP contribution in [0.5, 0.6) is 0 Å². The van der Waals surface area contributed by atoms with Gasteiger partial charge in [0.15, 0.2) is 0 Å². The molecule has 2 unspecified atom stereocenters. The summed E-state index contributed by atoms with van der Waals surface area (Å²) in [7, 11) is 0. The summed E-state index contributed by atoms with van der Waals surface area (Å²) in [4.78, 5) is 4.38. The Morgan fingerprint density at radius 2 is 2.05 bits per heavy atom. The van der Waals surface area contributed by atoms with Gasteiger partial charge in [-0.1, -0.05) is 32.0 Å². The zero-order chi connectivity index (χ0) is 14.5. The molecule has 1 aromatic carbocycles. The van der Waals surface area contributed by atoms with E-state index >= 15 is 0 Å². The molecule has 2 N–H and O–H groups in total. The van der Waals surface area contributed by atoms with E-state index in [2.05, 4.69) is 11.9 Å². The van der Waals surface area contributed by atoms with Crippen molar-refractivity contribution in [2.45, 2.75) is 45.2 Å². The van der Waals surface area contributed by atoms with Crippen LogP contribution < -0.4 is 5.73 Å². The van der Waals surface area contributed by atoms with Gasteiger partial charge < -0.3 is 10.3 Å². The van der Waals surface area contributed by atoms with Crippen LogP contribution in [0.25, 0.3) is 0 Å². The number of nitrogens with two attached hydrogens (primary N) is 1. The summed E-state index contributed by atoms with van der Waals surface area (Å²) in [6.45, 7) is 4.13. The number of aromatic nitrogens is 2. The molecule has 3 nitrogen and oxygen atoms in total. The van der Waals surface area contributed by atoms with Crippen LogP contribution in [0.4, 0.5) is 4.39 Å². The van der Waals surface area contributed by atoms with Gasteiger partial charge in [0.1, 0.15) is 11.6 Å². The smallest absolute Gasteiger partial charge is 0.128 e. The van der Waals surface area contributed by atoms with Crippen LogP contribution in [0.2, 0.25) is 0 Å². The third-order valence-electron chi connectivity index (χ3n) is 3.62. The van der Waals surface area contributed by atoms with Gasteiger partial charge in [0.05, 0.1) is 6.04 Å². The van der Waals surface area contributed by atoms with Crippen molar-refractivity contribution < 1.29 is 4.39 Å². The van der Waals surface area contributed by atoms with E-state index in [0.29, 0.717) is 5.56 Å². The number of aryl methyl sites for hydroxylation is 1. The number of rotatable bonds is 6. The molecule has 0 aliphatic rings. The molecular formula is C16H22FN3. The molecule has 1 heterocycles. The Labute approximate surface area is 119 Å². The van der Waals surface area contributed by atoms with E-state index in [9.17, 15) is 4.39 Å². The first-order valence-corrected chi connectivity index (χ1v) is 7.20. The number of halogens is 1. The lowest BCUT2D eigenvalue weighted by Gasteiger charge is -2.27. The molecule has 0 spiro atoms. The van der Waals surface area contributed by atoms with Crippen molar-refractivity contribution in [2.24, 2.45) is 5.73 Å². The van der Waals surface area contributed by atoms with Gasteiger partial charge in [-0.15, -0.1) is 0 Å². The maximum Gasteiger partial charge on any atom is 0.128 e. The second-order valence-corrected chi connectivity index (χ2v) is 5.04. The van der Waals surface area contributed by atoms with E-state index in [0.717, 1.165) is 25.1 Å². The number of hydrogen-bond donors (Lipinski definition) is 1. The maximum atomic E-state index is 14.2. The maximum absolute atomic E-state index is 14.2. The van der Waals surface area contributed by atoms with Crippen molar-refractivity contribution in [3.05, 3.63) is 53.9 Å².